The number of rotatable bonds is 5. The lowest BCUT2D eigenvalue weighted by Crippen LogP contribution is -2.17. The van der Waals surface area contributed by atoms with E-state index in [-0.39, 0.29) is 22.1 Å². The van der Waals surface area contributed by atoms with Gasteiger partial charge in [0.15, 0.2) is 5.69 Å². The van der Waals surface area contributed by atoms with Crippen LogP contribution in [-0.2, 0) is 23.2 Å². The summed E-state index contributed by atoms with van der Waals surface area (Å²) in [6.07, 6.45) is -1.75. The van der Waals surface area contributed by atoms with E-state index in [1.807, 2.05) is 6.92 Å². The van der Waals surface area contributed by atoms with Crippen LogP contribution >= 0.6 is 0 Å². The summed E-state index contributed by atoms with van der Waals surface area (Å²) in [4.78, 5) is 19.7. The molecular formula is C27H21F3N4O4S. The van der Waals surface area contributed by atoms with E-state index in [1.165, 1.54) is 35.0 Å². The van der Waals surface area contributed by atoms with Crippen LogP contribution in [0.25, 0.3) is 22.2 Å². The molecule has 2 aromatic carbocycles. The number of pyridine rings is 1. The third-order valence-electron chi connectivity index (χ3n) is 6.11. The van der Waals surface area contributed by atoms with E-state index in [9.17, 15) is 26.4 Å². The van der Waals surface area contributed by atoms with E-state index in [4.69, 9.17) is 4.74 Å². The molecule has 5 aromatic rings. The van der Waals surface area contributed by atoms with E-state index < -0.39 is 21.9 Å². The van der Waals surface area contributed by atoms with Crippen LogP contribution in [0.3, 0.4) is 0 Å². The zero-order valence-electron chi connectivity index (χ0n) is 20.9. The van der Waals surface area contributed by atoms with Crippen molar-refractivity contribution in [2.75, 3.05) is 0 Å². The van der Waals surface area contributed by atoms with Crippen LogP contribution in [0.15, 0.2) is 82.9 Å². The Morgan fingerprint density at radius 1 is 0.897 bits per heavy atom. The van der Waals surface area contributed by atoms with Gasteiger partial charge in [-0.3, -0.25) is 4.79 Å². The van der Waals surface area contributed by atoms with Gasteiger partial charge in [0.2, 0.25) is 5.88 Å². The molecule has 8 nitrogen and oxygen atoms in total. The molecule has 200 valence electrons. The standard InChI is InChI=1S/C27H21F3N4O4S/c1-16-4-6-20(7-5-16)39(36,37)34-15-21(26-22(34)8-9-25(35)33(26)3)18-10-17(2)11-19(12-18)38-24-14-31-23(13-32-24)27(28,29)30/h4-15H,1-3H3. The number of aryl methyl sites for hydroxylation is 3. The molecule has 5 rings (SSSR count). The number of hydrogen-bond acceptors (Lipinski definition) is 6. The fourth-order valence-corrected chi connectivity index (χ4v) is 5.56. The van der Waals surface area contributed by atoms with Gasteiger partial charge in [-0.15, -0.1) is 0 Å². The van der Waals surface area contributed by atoms with Gasteiger partial charge in [0.05, 0.1) is 28.3 Å². The van der Waals surface area contributed by atoms with Crippen LogP contribution in [0.2, 0.25) is 0 Å². The zero-order chi connectivity index (χ0) is 28.1. The van der Waals surface area contributed by atoms with E-state index >= 15 is 0 Å². The first-order valence-electron chi connectivity index (χ1n) is 11.6. The molecule has 0 fully saturated rings. The van der Waals surface area contributed by atoms with Gasteiger partial charge in [0.1, 0.15) is 5.75 Å². The average Bonchev–Trinajstić information content (AvgIpc) is 3.27. The van der Waals surface area contributed by atoms with Gasteiger partial charge in [-0.1, -0.05) is 23.8 Å². The van der Waals surface area contributed by atoms with E-state index in [1.54, 1.807) is 44.3 Å². The second-order valence-electron chi connectivity index (χ2n) is 9.00. The Morgan fingerprint density at radius 3 is 2.26 bits per heavy atom. The van der Waals surface area contributed by atoms with Gasteiger partial charge >= 0.3 is 6.18 Å². The summed E-state index contributed by atoms with van der Waals surface area (Å²) in [5.41, 5.74) is 1.77. The van der Waals surface area contributed by atoms with Crippen LogP contribution in [0.4, 0.5) is 13.2 Å². The number of nitrogens with zero attached hydrogens (tertiary/aromatic N) is 4. The molecule has 0 spiro atoms. The van der Waals surface area contributed by atoms with Gasteiger partial charge in [-0.05, 0) is 55.3 Å². The molecule has 0 N–H and O–H groups in total. The predicted octanol–water partition coefficient (Wildman–Crippen LogP) is 5.46. The topological polar surface area (TPSA) is 96.1 Å². The van der Waals surface area contributed by atoms with Crippen molar-refractivity contribution < 1.29 is 26.3 Å². The summed E-state index contributed by atoms with van der Waals surface area (Å²) in [6, 6.07) is 14.2. The minimum atomic E-state index is -4.63. The molecule has 0 saturated heterocycles. The first-order valence-corrected chi connectivity index (χ1v) is 13.0. The molecule has 3 aromatic heterocycles. The van der Waals surface area contributed by atoms with Crippen molar-refractivity contribution in [2.24, 2.45) is 7.05 Å². The Labute approximate surface area is 221 Å². The van der Waals surface area contributed by atoms with Gasteiger partial charge < -0.3 is 9.30 Å². The van der Waals surface area contributed by atoms with Crippen molar-refractivity contribution in [1.29, 1.82) is 0 Å². The maximum atomic E-state index is 13.6. The van der Waals surface area contributed by atoms with Crippen molar-refractivity contribution in [3.63, 3.8) is 0 Å². The molecular weight excluding hydrogens is 533 g/mol. The molecule has 0 amide bonds. The second kappa shape index (κ2) is 9.38. The van der Waals surface area contributed by atoms with Crippen molar-refractivity contribution in [1.82, 2.24) is 18.5 Å². The Hall–Kier alpha value is -4.45. The largest absolute Gasteiger partial charge is 0.437 e. The third-order valence-corrected chi connectivity index (χ3v) is 7.80. The molecule has 0 unspecified atom stereocenters. The molecule has 0 aliphatic heterocycles. The van der Waals surface area contributed by atoms with Crippen molar-refractivity contribution in [2.45, 2.75) is 24.9 Å². The predicted molar refractivity (Wildman–Crippen MR) is 138 cm³/mol. The molecule has 3 heterocycles. The highest BCUT2D eigenvalue weighted by atomic mass is 32.2. The third kappa shape index (κ3) is 4.90. The van der Waals surface area contributed by atoms with Crippen molar-refractivity contribution in [3.05, 3.63) is 100 Å². The van der Waals surface area contributed by atoms with Gasteiger partial charge in [0, 0.05) is 24.9 Å². The smallest absolute Gasteiger partial charge is 0.434 e. The lowest BCUT2D eigenvalue weighted by molar-refractivity contribution is -0.141. The summed E-state index contributed by atoms with van der Waals surface area (Å²) < 4.78 is 73.9. The minimum Gasteiger partial charge on any atom is -0.437 e. The SMILES string of the molecule is Cc1ccc(S(=O)(=O)n2cc(-c3cc(C)cc(Oc4cnc(C(F)(F)F)cn4)c3)c3c2ccc(=O)n3C)cc1. The summed E-state index contributed by atoms with van der Waals surface area (Å²) >= 11 is 0. The van der Waals surface area contributed by atoms with E-state index in [2.05, 4.69) is 9.97 Å². The van der Waals surface area contributed by atoms with Crippen molar-refractivity contribution in [3.8, 4) is 22.8 Å². The highest BCUT2D eigenvalue weighted by Gasteiger charge is 2.33. The number of alkyl halides is 3. The van der Waals surface area contributed by atoms with Crippen LogP contribution in [0, 0.1) is 13.8 Å². The van der Waals surface area contributed by atoms with Crippen molar-refractivity contribution >= 4 is 21.1 Å². The Kier molecular flexibility index (Phi) is 6.30. The van der Waals surface area contributed by atoms with Crippen LogP contribution in [0.1, 0.15) is 16.8 Å². The highest BCUT2D eigenvalue weighted by molar-refractivity contribution is 7.90. The number of benzene rings is 2. The Morgan fingerprint density at radius 2 is 1.62 bits per heavy atom. The lowest BCUT2D eigenvalue weighted by Gasteiger charge is -2.10. The second-order valence-corrected chi connectivity index (χ2v) is 10.8. The number of ether oxygens (including phenoxy) is 1. The van der Waals surface area contributed by atoms with Crippen LogP contribution in [-0.4, -0.2) is 26.9 Å². The Bertz CT molecular complexity index is 1880. The van der Waals surface area contributed by atoms with Gasteiger partial charge in [-0.25, -0.2) is 22.4 Å². The highest BCUT2D eigenvalue weighted by Crippen LogP contribution is 2.36. The number of hydrogen-bond donors (Lipinski definition) is 0. The fourth-order valence-electron chi connectivity index (χ4n) is 4.20. The molecule has 0 atom stereocenters. The van der Waals surface area contributed by atoms with E-state index in [0.29, 0.717) is 33.9 Å². The first-order chi connectivity index (χ1) is 18.3. The molecule has 12 heteroatoms. The average molecular weight is 555 g/mol. The zero-order valence-corrected chi connectivity index (χ0v) is 21.7. The Balaban J connectivity index is 1.64. The normalized spacial score (nSPS) is 12.2. The first kappa shape index (κ1) is 26.2. The summed E-state index contributed by atoms with van der Waals surface area (Å²) in [5.74, 6) is 0.0820. The molecule has 39 heavy (non-hydrogen) atoms. The molecule has 0 saturated carbocycles. The summed E-state index contributed by atoms with van der Waals surface area (Å²) in [6.45, 7) is 3.62. The monoisotopic (exact) mass is 554 g/mol. The van der Waals surface area contributed by atoms with Gasteiger partial charge in [-0.2, -0.15) is 13.2 Å². The van der Waals surface area contributed by atoms with Crippen LogP contribution < -0.4 is 10.3 Å². The number of fused-ring (bicyclic) bond motifs is 1. The fraction of sp³-hybridized carbons (Fsp3) is 0.148. The summed E-state index contributed by atoms with van der Waals surface area (Å²) in [5, 5.41) is 0. The molecule has 0 bridgehead atoms. The quantitative estimate of drug-likeness (QED) is 0.286. The van der Waals surface area contributed by atoms with Gasteiger partial charge in [0.25, 0.3) is 15.6 Å². The molecule has 0 radical (unpaired) electrons. The maximum Gasteiger partial charge on any atom is 0.434 e. The van der Waals surface area contributed by atoms with E-state index in [0.717, 1.165) is 15.7 Å². The molecule has 0 aliphatic rings. The minimum absolute atomic E-state index is 0.0829. The van der Waals surface area contributed by atoms with Crippen LogP contribution in [0.5, 0.6) is 11.6 Å². The summed E-state index contributed by atoms with van der Waals surface area (Å²) in [7, 11) is -2.48. The molecule has 0 aliphatic carbocycles. The lowest BCUT2D eigenvalue weighted by atomic mass is 10.0. The number of halogens is 3. The number of aromatic nitrogens is 4. The maximum absolute atomic E-state index is 13.6.